The van der Waals surface area contributed by atoms with E-state index >= 15 is 0 Å². The van der Waals surface area contributed by atoms with Gasteiger partial charge in [0.1, 0.15) is 12.0 Å². The molecule has 0 unspecified atom stereocenters. The van der Waals surface area contributed by atoms with E-state index in [1.165, 1.54) is 6.26 Å². The summed E-state index contributed by atoms with van der Waals surface area (Å²) in [5, 5.41) is 8.94. The standard InChI is InChI=1S/C11H18N2O2S/c1-11(2)3-4-13(5-6-16-11)10-12-9(7-14)8-15-10/h8,14H,3-7H2,1-2H3. The Kier molecular flexibility index (Phi) is 3.44. The Labute approximate surface area is 100 Å². The lowest BCUT2D eigenvalue weighted by Gasteiger charge is -2.21. The fourth-order valence-electron chi connectivity index (χ4n) is 1.73. The largest absolute Gasteiger partial charge is 0.432 e. The van der Waals surface area contributed by atoms with Crippen molar-refractivity contribution in [3.05, 3.63) is 12.0 Å². The van der Waals surface area contributed by atoms with E-state index in [0.29, 0.717) is 16.5 Å². The van der Waals surface area contributed by atoms with E-state index in [1.54, 1.807) is 0 Å². The van der Waals surface area contributed by atoms with Gasteiger partial charge < -0.3 is 14.4 Å². The van der Waals surface area contributed by atoms with Crippen molar-refractivity contribution in [2.24, 2.45) is 0 Å². The maximum atomic E-state index is 8.94. The summed E-state index contributed by atoms with van der Waals surface area (Å²) in [4.78, 5) is 6.40. The number of hydrogen-bond acceptors (Lipinski definition) is 5. The summed E-state index contributed by atoms with van der Waals surface area (Å²) in [6.45, 7) is 6.41. The van der Waals surface area contributed by atoms with Crippen LogP contribution >= 0.6 is 11.8 Å². The van der Waals surface area contributed by atoms with Gasteiger partial charge in [-0.1, -0.05) is 13.8 Å². The van der Waals surface area contributed by atoms with E-state index in [9.17, 15) is 0 Å². The summed E-state index contributed by atoms with van der Waals surface area (Å²) < 4.78 is 5.70. The zero-order valence-corrected chi connectivity index (χ0v) is 10.6. The molecule has 0 atom stereocenters. The third kappa shape index (κ3) is 2.71. The topological polar surface area (TPSA) is 49.5 Å². The number of thioether (sulfide) groups is 1. The van der Waals surface area contributed by atoms with Crippen LogP contribution in [0.4, 0.5) is 6.01 Å². The zero-order valence-electron chi connectivity index (χ0n) is 9.77. The van der Waals surface area contributed by atoms with Gasteiger partial charge in [0.25, 0.3) is 6.01 Å². The molecule has 0 bridgehead atoms. The molecule has 0 radical (unpaired) electrons. The zero-order chi connectivity index (χ0) is 11.6. The molecule has 0 saturated carbocycles. The van der Waals surface area contributed by atoms with Gasteiger partial charge in [-0.2, -0.15) is 16.7 Å². The summed E-state index contributed by atoms with van der Waals surface area (Å²) in [5.41, 5.74) is 0.603. The third-order valence-electron chi connectivity index (χ3n) is 2.81. The van der Waals surface area contributed by atoms with E-state index in [-0.39, 0.29) is 6.61 Å². The Morgan fingerprint density at radius 1 is 1.56 bits per heavy atom. The minimum absolute atomic E-state index is 0.0580. The van der Waals surface area contributed by atoms with Gasteiger partial charge in [-0.15, -0.1) is 0 Å². The highest BCUT2D eigenvalue weighted by atomic mass is 32.2. The van der Waals surface area contributed by atoms with Gasteiger partial charge in [0.15, 0.2) is 0 Å². The third-order valence-corrected chi connectivity index (χ3v) is 4.18. The first-order valence-corrected chi connectivity index (χ1v) is 6.53. The Morgan fingerprint density at radius 3 is 3.06 bits per heavy atom. The lowest BCUT2D eigenvalue weighted by atomic mass is 10.1. The molecule has 0 spiro atoms. The summed E-state index contributed by atoms with van der Waals surface area (Å²) in [6, 6.07) is 0.641. The van der Waals surface area contributed by atoms with Crippen molar-refractivity contribution in [2.75, 3.05) is 23.7 Å². The molecule has 1 fully saturated rings. The second-order valence-electron chi connectivity index (χ2n) is 4.62. The average molecular weight is 242 g/mol. The molecular weight excluding hydrogens is 224 g/mol. The van der Waals surface area contributed by atoms with Crippen molar-refractivity contribution >= 4 is 17.8 Å². The number of oxazole rings is 1. The second-order valence-corrected chi connectivity index (χ2v) is 6.43. The van der Waals surface area contributed by atoms with Crippen molar-refractivity contribution in [1.29, 1.82) is 0 Å². The SMILES string of the molecule is CC1(C)CCN(c2nc(CO)co2)CCS1. The molecule has 0 amide bonds. The van der Waals surface area contributed by atoms with Crippen molar-refractivity contribution in [1.82, 2.24) is 4.98 Å². The number of aliphatic hydroxyl groups is 1. The normalized spacial score (nSPS) is 20.8. The maximum Gasteiger partial charge on any atom is 0.297 e. The molecule has 1 saturated heterocycles. The predicted octanol–water partition coefficient (Wildman–Crippen LogP) is 1.89. The summed E-state index contributed by atoms with van der Waals surface area (Å²) >= 11 is 1.99. The molecule has 0 aliphatic carbocycles. The summed E-state index contributed by atoms with van der Waals surface area (Å²) in [7, 11) is 0. The fraction of sp³-hybridized carbons (Fsp3) is 0.727. The second kappa shape index (κ2) is 4.67. The first-order chi connectivity index (χ1) is 7.61. The number of anilines is 1. The van der Waals surface area contributed by atoms with E-state index in [4.69, 9.17) is 9.52 Å². The number of aromatic nitrogens is 1. The molecule has 2 rings (SSSR count). The van der Waals surface area contributed by atoms with Crippen LogP contribution in [0, 0.1) is 0 Å². The number of aliphatic hydroxyl groups excluding tert-OH is 1. The van der Waals surface area contributed by atoms with Crippen LogP contribution in [0.5, 0.6) is 0 Å². The molecule has 1 aromatic rings. The monoisotopic (exact) mass is 242 g/mol. The van der Waals surface area contributed by atoms with E-state index in [2.05, 4.69) is 23.7 Å². The smallest absolute Gasteiger partial charge is 0.297 e. The first-order valence-electron chi connectivity index (χ1n) is 5.55. The van der Waals surface area contributed by atoms with Gasteiger partial charge in [-0.05, 0) is 6.42 Å². The average Bonchev–Trinajstić information content (AvgIpc) is 2.64. The van der Waals surface area contributed by atoms with Gasteiger partial charge in [-0.25, -0.2) is 0 Å². The molecule has 1 aliphatic heterocycles. The van der Waals surface area contributed by atoms with E-state index in [1.807, 2.05) is 11.8 Å². The quantitative estimate of drug-likeness (QED) is 0.858. The van der Waals surface area contributed by atoms with Crippen molar-refractivity contribution in [2.45, 2.75) is 31.6 Å². The Balaban J connectivity index is 2.04. The Hall–Kier alpha value is -0.680. The van der Waals surface area contributed by atoms with Crippen LogP contribution in [-0.4, -0.2) is 33.7 Å². The minimum Gasteiger partial charge on any atom is -0.432 e. The van der Waals surface area contributed by atoms with Gasteiger partial charge in [0.05, 0.1) is 6.61 Å². The van der Waals surface area contributed by atoms with Crippen LogP contribution < -0.4 is 4.90 Å². The summed E-state index contributed by atoms with van der Waals surface area (Å²) in [5.74, 6) is 1.09. The van der Waals surface area contributed by atoms with Crippen LogP contribution in [0.15, 0.2) is 10.7 Å². The maximum absolute atomic E-state index is 8.94. The predicted molar refractivity (Wildman–Crippen MR) is 65.8 cm³/mol. The molecule has 1 aliphatic rings. The van der Waals surface area contributed by atoms with Crippen LogP contribution in [0.1, 0.15) is 26.0 Å². The summed E-state index contributed by atoms with van der Waals surface area (Å²) in [6.07, 6.45) is 2.65. The number of hydrogen-bond donors (Lipinski definition) is 1. The molecule has 1 aromatic heterocycles. The highest BCUT2D eigenvalue weighted by Gasteiger charge is 2.25. The number of rotatable bonds is 2. The van der Waals surface area contributed by atoms with Crippen LogP contribution in [0.3, 0.4) is 0 Å². The molecule has 2 heterocycles. The lowest BCUT2D eigenvalue weighted by Crippen LogP contribution is -2.27. The molecule has 5 heteroatoms. The molecule has 90 valence electrons. The van der Waals surface area contributed by atoms with Gasteiger partial charge >= 0.3 is 0 Å². The lowest BCUT2D eigenvalue weighted by molar-refractivity contribution is 0.276. The molecule has 0 aromatic carbocycles. The van der Waals surface area contributed by atoms with Gasteiger partial charge in [0, 0.05) is 23.6 Å². The fourth-order valence-corrected chi connectivity index (χ4v) is 2.83. The van der Waals surface area contributed by atoms with Crippen molar-refractivity contribution < 1.29 is 9.52 Å². The molecule has 1 N–H and O–H groups in total. The highest BCUT2D eigenvalue weighted by molar-refractivity contribution is 8.00. The highest BCUT2D eigenvalue weighted by Crippen LogP contribution is 2.31. The van der Waals surface area contributed by atoms with Crippen LogP contribution in [-0.2, 0) is 6.61 Å². The van der Waals surface area contributed by atoms with Crippen molar-refractivity contribution in [3.63, 3.8) is 0 Å². The first kappa shape index (κ1) is 11.8. The van der Waals surface area contributed by atoms with E-state index < -0.39 is 0 Å². The van der Waals surface area contributed by atoms with Crippen LogP contribution in [0.25, 0.3) is 0 Å². The van der Waals surface area contributed by atoms with E-state index in [0.717, 1.165) is 25.3 Å². The molecular formula is C11H18N2O2S. The van der Waals surface area contributed by atoms with Crippen LogP contribution in [0.2, 0.25) is 0 Å². The van der Waals surface area contributed by atoms with Crippen molar-refractivity contribution in [3.8, 4) is 0 Å². The minimum atomic E-state index is -0.0580. The Morgan fingerprint density at radius 2 is 2.38 bits per heavy atom. The Bertz CT molecular complexity index is 352. The number of nitrogens with zero attached hydrogens (tertiary/aromatic N) is 2. The van der Waals surface area contributed by atoms with Gasteiger partial charge in [-0.3, -0.25) is 0 Å². The molecule has 16 heavy (non-hydrogen) atoms. The molecule has 4 nitrogen and oxygen atoms in total. The van der Waals surface area contributed by atoms with Gasteiger partial charge in [0.2, 0.25) is 0 Å².